The van der Waals surface area contributed by atoms with Crippen molar-refractivity contribution in [3.05, 3.63) is 42.6 Å². The predicted molar refractivity (Wildman–Crippen MR) is 106 cm³/mol. The minimum absolute atomic E-state index is 0.111. The molecular weight excluding hydrogens is 358 g/mol. The number of nitrogens with zero attached hydrogens (tertiary/aromatic N) is 4. The summed E-state index contributed by atoms with van der Waals surface area (Å²) in [5.41, 5.74) is 2.40. The van der Waals surface area contributed by atoms with Gasteiger partial charge < -0.3 is 14.4 Å². The first kappa shape index (κ1) is 18.2. The number of ether oxygens (including phenoxy) is 2. The van der Waals surface area contributed by atoms with Gasteiger partial charge in [0.05, 0.1) is 31.6 Å². The van der Waals surface area contributed by atoms with E-state index >= 15 is 0 Å². The van der Waals surface area contributed by atoms with Gasteiger partial charge in [-0.25, -0.2) is 14.3 Å². The number of anilines is 1. The molecule has 1 fully saturated rings. The topological polar surface area (TPSA) is 81.0 Å². The van der Waals surface area contributed by atoms with Gasteiger partial charge in [-0.2, -0.15) is 5.10 Å². The average Bonchev–Trinajstić information content (AvgIpc) is 3.34. The van der Waals surface area contributed by atoms with Crippen molar-refractivity contribution < 1.29 is 14.3 Å². The quantitative estimate of drug-likeness (QED) is 0.735. The first-order valence-corrected chi connectivity index (χ1v) is 9.25. The first-order valence-electron chi connectivity index (χ1n) is 9.25. The fraction of sp³-hybridized carbons (Fsp3) is 0.350. The zero-order valence-corrected chi connectivity index (χ0v) is 16.0. The van der Waals surface area contributed by atoms with Gasteiger partial charge in [0.1, 0.15) is 5.75 Å². The van der Waals surface area contributed by atoms with Crippen LogP contribution in [0, 0.1) is 0 Å². The minimum atomic E-state index is -0.157. The number of imidazole rings is 1. The second-order valence-corrected chi connectivity index (χ2v) is 6.75. The van der Waals surface area contributed by atoms with Crippen molar-refractivity contribution in [1.82, 2.24) is 19.5 Å². The van der Waals surface area contributed by atoms with Crippen LogP contribution in [-0.2, 0) is 4.74 Å². The highest BCUT2D eigenvalue weighted by Crippen LogP contribution is 2.23. The molecule has 0 bridgehead atoms. The van der Waals surface area contributed by atoms with Crippen molar-refractivity contribution in [2.24, 2.45) is 0 Å². The zero-order chi connectivity index (χ0) is 19.5. The normalized spacial score (nSPS) is 16.5. The molecule has 1 N–H and O–H groups in total. The van der Waals surface area contributed by atoms with Crippen molar-refractivity contribution in [1.29, 1.82) is 0 Å². The molecule has 0 aliphatic carbocycles. The number of amides is 2. The number of hydrogen-bond donors (Lipinski definition) is 1. The van der Waals surface area contributed by atoms with Crippen LogP contribution in [0.5, 0.6) is 5.75 Å². The lowest BCUT2D eigenvalue weighted by Gasteiger charge is -2.23. The fourth-order valence-electron chi connectivity index (χ4n) is 3.53. The Hall–Kier alpha value is -3.13. The molecule has 0 spiro atoms. The fourth-order valence-corrected chi connectivity index (χ4v) is 3.53. The highest BCUT2D eigenvalue weighted by Gasteiger charge is 2.29. The molecule has 4 rings (SSSR count). The van der Waals surface area contributed by atoms with Crippen LogP contribution in [-0.4, -0.2) is 58.9 Å². The molecule has 1 aromatic carbocycles. The number of likely N-dealkylation sites (tertiary alicyclic amines) is 1. The average molecular weight is 381 g/mol. The summed E-state index contributed by atoms with van der Waals surface area (Å²) in [5.74, 6) is 1.25. The van der Waals surface area contributed by atoms with Crippen molar-refractivity contribution in [2.45, 2.75) is 18.9 Å². The molecule has 2 aromatic heterocycles. The van der Waals surface area contributed by atoms with Crippen LogP contribution in [0.3, 0.4) is 0 Å². The van der Waals surface area contributed by atoms with Gasteiger partial charge in [0.2, 0.25) is 0 Å². The van der Waals surface area contributed by atoms with E-state index in [0.717, 1.165) is 36.4 Å². The maximum absolute atomic E-state index is 12.6. The highest BCUT2D eigenvalue weighted by molar-refractivity contribution is 5.89. The molecule has 3 heterocycles. The Morgan fingerprint density at radius 2 is 2.18 bits per heavy atom. The highest BCUT2D eigenvalue weighted by atomic mass is 16.5. The first-order chi connectivity index (χ1) is 13.7. The Balaban J connectivity index is 1.54. The Labute approximate surface area is 163 Å². The number of methoxy groups -OCH3 is 2. The SMILES string of the molecule is COC[C@H]1CCCN1C(=O)Nc1cn2nc(-c3cccc(OC)c3)ccc2n1. The monoisotopic (exact) mass is 381 g/mol. The summed E-state index contributed by atoms with van der Waals surface area (Å²) in [6.45, 7) is 1.27. The van der Waals surface area contributed by atoms with Crippen molar-refractivity contribution in [2.75, 3.05) is 32.7 Å². The summed E-state index contributed by atoms with van der Waals surface area (Å²) >= 11 is 0. The maximum atomic E-state index is 12.6. The Morgan fingerprint density at radius 1 is 1.29 bits per heavy atom. The third-order valence-corrected chi connectivity index (χ3v) is 4.92. The molecule has 1 saturated heterocycles. The molecule has 28 heavy (non-hydrogen) atoms. The third kappa shape index (κ3) is 3.63. The van der Waals surface area contributed by atoms with Gasteiger partial charge in [-0.1, -0.05) is 12.1 Å². The molecule has 0 unspecified atom stereocenters. The van der Waals surface area contributed by atoms with Crippen LogP contribution < -0.4 is 10.1 Å². The number of carbonyl (C=O) groups excluding carboxylic acids is 1. The summed E-state index contributed by atoms with van der Waals surface area (Å²) in [6, 6.07) is 11.4. The molecule has 1 aliphatic heterocycles. The lowest BCUT2D eigenvalue weighted by molar-refractivity contribution is 0.128. The van der Waals surface area contributed by atoms with E-state index in [4.69, 9.17) is 9.47 Å². The second kappa shape index (κ2) is 7.85. The second-order valence-electron chi connectivity index (χ2n) is 6.75. The molecule has 0 saturated carbocycles. The van der Waals surface area contributed by atoms with Crippen LogP contribution >= 0.6 is 0 Å². The Bertz CT molecular complexity index is 987. The number of carbonyl (C=O) groups is 1. The van der Waals surface area contributed by atoms with Gasteiger partial charge in [-0.3, -0.25) is 5.32 Å². The number of nitrogens with one attached hydrogen (secondary N) is 1. The lowest BCUT2D eigenvalue weighted by Crippen LogP contribution is -2.40. The molecule has 0 radical (unpaired) electrons. The molecule has 1 atom stereocenters. The molecule has 8 heteroatoms. The molecule has 1 aliphatic rings. The van der Waals surface area contributed by atoms with E-state index in [-0.39, 0.29) is 12.1 Å². The number of aromatic nitrogens is 3. The summed E-state index contributed by atoms with van der Waals surface area (Å²) in [5, 5.41) is 7.48. The molecule has 8 nitrogen and oxygen atoms in total. The smallest absolute Gasteiger partial charge is 0.323 e. The third-order valence-electron chi connectivity index (χ3n) is 4.92. The van der Waals surface area contributed by atoms with Crippen LogP contribution in [0.4, 0.5) is 10.6 Å². The van der Waals surface area contributed by atoms with Gasteiger partial charge in [0, 0.05) is 19.2 Å². The van der Waals surface area contributed by atoms with Crippen LogP contribution in [0.15, 0.2) is 42.6 Å². The number of rotatable bonds is 5. The van der Waals surface area contributed by atoms with Crippen molar-refractivity contribution in [3.8, 4) is 17.0 Å². The number of hydrogen-bond acceptors (Lipinski definition) is 5. The largest absolute Gasteiger partial charge is 0.497 e. The summed E-state index contributed by atoms with van der Waals surface area (Å²) < 4.78 is 12.2. The standard InChI is InChI=1S/C20H23N5O3/c1-27-13-15-6-4-10-24(15)20(26)22-18-12-25-19(21-18)9-8-17(23-25)14-5-3-7-16(11-14)28-2/h3,5,7-9,11-12,15H,4,6,10,13H2,1-2H3,(H,22,26)/t15-/m1/s1. The van der Waals surface area contributed by atoms with E-state index < -0.39 is 0 Å². The van der Waals surface area contributed by atoms with Crippen LogP contribution in [0.1, 0.15) is 12.8 Å². The molecule has 3 aromatic rings. The Kier molecular flexibility index (Phi) is 5.12. The minimum Gasteiger partial charge on any atom is -0.497 e. The van der Waals surface area contributed by atoms with E-state index in [1.165, 1.54) is 0 Å². The van der Waals surface area contributed by atoms with E-state index in [9.17, 15) is 4.79 Å². The number of fused-ring (bicyclic) bond motifs is 1. The van der Waals surface area contributed by atoms with E-state index in [1.54, 1.807) is 24.9 Å². The molecule has 2 amide bonds. The Morgan fingerprint density at radius 3 is 3.00 bits per heavy atom. The summed E-state index contributed by atoms with van der Waals surface area (Å²) in [4.78, 5) is 18.9. The van der Waals surface area contributed by atoms with Gasteiger partial charge in [-0.15, -0.1) is 0 Å². The van der Waals surface area contributed by atoms with E-state index in [0.29, 0.717) is 18.1 Å². The lowest BCUT2D eigenvalue weighted by atomic mass is 10.1. The van der Waals surface area contributed by atoms with Gasteiger partial charge in [-0.05, 0) is 37.1 Å². The van der Waals surface area contributed by atoms with Crippen LogP contribution in [0.25, 0.3) is 16.9 Å². The number of benzene rings is 1. The van der Waals surface area contributed by atoms with Crippen molar-refractivity contribution in [3.63, 3.8) is 0 Å². The van der Waals surface area contributed by atoms with Crippen molar-refractivity contribution >= 4 is 17.5 Å². The summed E-state index contributed by atoms with van der Waals surface area (Å²) in [7, 11) is 3.29. The van der Waals surface area contributed by atoms with Gasteiger partial charge in [0.25, 0.3) is 0 Å². The predicted octanol–water partition coefficient (Wildman–Crippen LogP) is 3.05. The number of urea groups is 1. The van der Waals surface area contributed by atoms with Crippen LogP contribution in [0.2, 0.25) is 0 Å². The maximum Gasteiger partial charge on any atom is 0.323 e. The van der Waals surface area contributed by atoms with Gasteiger partial charge in [0.15, 0.2) is 11.5 Å². The summed E-state index contributed by atoms with van der Waals surface area (Å²) in [6.07, 6.45) is 3.66. The van der Waals surface area contributed by atoms with E-state index in [2.05, 4.69) is 15.4 Å². The molecule has 146 valence electrons. The van der Waals surface area contributed by atoms with Gasteiger partial charge >= 0.3 is 6.03 Å². The van der Waals surface area contributed by atoms with E-state index in [1.807, 2.05) is 41.3 Å². The molecular formula is C20H23N5O3. The zero-order valence-electron chi connectivity index (χ0n) is 16.0.